The Balaban J connectivity index is 1.72. The van der Waals surface area contributed by atoms with Crippen LogP contribution in [-0.2, 0) is 26.2 Å². The predicted molar refractivity (Wildman–Crippen MR) is 161 cm³/mol. The fourth-order valence-corrected chi connectivity index (χ4v) is 6.59. The minimum Gasteiger partial charge on any atom is -0.495 e. The maximum Gasteiger partial charge on any atom is 0.264 e. The van der Waals surface area contributed by atoms with Crippen LogP contribution < -0.4 is 14.4 Å². The molecule has 1 saturated carbocycles. The van der Waals surface area contributed by atoms with Crippen molar-refractivity contribution in [2.75, 3.05) is 18.0 Å². The third-order valence-corrected chi connectivity index (χ3v) is 9.55. The molecule has 0 spiro atoms. The fourth-order valence-electron chi connectivity index (χ4n) is 4.97. The number of aryl methyl sites for hydroxylation is 1. The molecule has 0 unspecified atom stereocenters. The van der Waals surface area contributed by atoms with Gasteiger partial charge in [0.2, 0.25) is 11.8 Å². The van der Waals surface area contributed by atoms with E-state index in [1.165, 1.54) is 24.1 Å². The Morgan fingerprint density at radius 2 is 1.63 bits per heavy atom. The van der Waals surface area contributed by atoms with E-state index < -0.39 is 28.5 Å². The van der Waals surface area contributed by atoms with Crippen LogP contribution in [0.4, 0.5) is 5.69 Å². The first-order valence-electron chi connectivity index (χ1n) is 13.7. The summed E-state index contributed by atoms with van der Waals surface area (Å²) >= 11 is 6.44. The van der Waals surface area contributed by atoms with Gasteiger partial charge in [0.05, 0.1) is 17.7 Å². The summed E-state index contributed by atoms with van der Waals surface area (Å²) in [6, 6.07) is 19.3. The van der Waals surface area contributed by atoms with Crippen molar-refractivity contribution < 1.29 is 22.7 Å². The molecule has 0 heterocycles. The van der Waals surface area contributed by atoms with E-state index in [-0.39, 0.29) is 29.1 Å². The minimum atomic E-state index is -4.20. The highest BCUT2D eigenvalue weighted by Crippen LogP contribution is 2.33. The van der Waals surface area contributed by atoms with E-state index in [0.29, 0.717) is 16.3 Å². The highest BCUT2D eigenvalue weighted by molar-refractivity contribution is 7.92. The smallest absolute Gasteiger partial charge is 0.264 e. The summed E-state index contributed by atoms with van der Waals surface area (Å²) in [6.07, 6.45) is 3.89. The Hall–Kier alpha value is -3.56. The molecular weight excluding hydrogens is 562 g/mol. The fraction of sp³-hybridized carbons (Fsp3) is 0.355. The van der Waals surface area contributed by atoms with Crippen molar-refractivity contribution in [2.45, 2.75) is 63.1 Å². The molecule has 1 atom stereocenters. The first-order valence-corrected chi connectivity index (χ1v) is 15.5. The van der Waals surface area contributed by atoms with Crippen LogP contribution in [0.15, 0.2) is 77.7 Å². The van der Waals surface area contributed by atoms with Crippen molar-refractivity contribution in [3.8, 4) is 5.75 Å². The number of anilines is 1. The second-order valence-electron chi connectivity index (χ2n) is 10.3. The molecule has 1 fully saturated rings. The van der Waals surface area contributed by atoms with E-state index in [4.69, 9.17) is 16.3 Å². The van der Waals surface area contributed by atoms with Crippen molar-refractivity contribution in [3.05, 3.63) is 88.9 Å². The summed E-state index contributed by atoms with van der Waals surface area (Å²) in [7, 11) is -2.76. The molecule has 0 radical (unpaired) electrons. The molecule has 41 heavy (non-hydrogen) atoms. The number of nitrogens with zero attached hydrogens (tertiary/aromatic N) is 2. The van der Waals surface area contributed by atoms with Gasteiger partial charge in [-0.15, -0.1) is 0 Å². The number of sulfonamides is 1. The Kier molecular flexibility index (Phi) is 9.94. The predicted octanol–water partition coefficient (Wildman–Crippen LogP) is 5.33. The van der Waals surface area contributed by atoms with Crippen LogP contribution in [0.25, 0.3) is 0 Å². The third kappa shape index (κ3) is 7.21. The molecule has 0 aliphatic heterocycles. The number of amides is 2. The van der Waals surface area contributed by atoms with Crippen LogP contribution in [-0.4, -0.2) is 50.9 Å². The lowest BCUT2D eigenvalue weighted by Gasteiger charge is -2.33. The molecule has 10 heteroatoms. The van der Waals surface area contributed by atoms with Crippen molar-refractivity contribution in [1.82, 2.24) is 10.2 Å². The Morgan fingerprint density at radius 3 is 2.29 bits per heavy atom. The summed E-state index contributed by atoms with van der Waals surface area (Å²) in [5, 5.41) is 3.51. The molecule has 0 saturated heterocycles. The number of methoxy groups -OCH3 is 1. The van der Waals surface area contributed by atoms with E-state index in [1.54, 1.807) is 67.6 Å². The number of hydrogen-bond acceptors (Lipinski definition) is 5. The van der Waals surface area contributed by atoms with Gasteiger partial charge in [-0.05, 0) is 62.6 Å². The molecule has 8 nitrogen and oxygen atoms in total. The summed E-state index contributed by atoms with van der Waals surface area (Å²) < 4.78 is 34.6. The molecule has 218 valence electrons. The van der Waals surface area contributed by atoms with Gasteiger partial charge in [0, 0.05) is 17.6 Å². The number of hydrogen-bond donors (Lipinski definition) is 1. The largest absolute Gasteiger partial charge is 0.495 e. The van der Waals surface area contributed by atoms with E-state index in [1.807, 2.05) is 6.92 Å². The SMILES string of the molecule is COc1ccccc1N(CC(=O)N(Cc1ccccc1Cl)[C@H](C)C(=O)NC1CCCC1)S(=O)(=O)c1ccc(C)cc1. The number of rotatable bonds is 11. The lowest BCUT2D eigenvalue weighted by Crippen LogP contribution is -2.52. The van der Waals surface area contributed by atoms with Gasteiger partial charge in [-0.3, -0.25) is 13.9 Å². The van der Waals surface area contributed by atoms with Gasteiger partial charge in [-0.2, -0.15) is 0 Å². The van der Waals surface area contributed by atoms with Crippen molar-refractivity contribution >= 4 is 39.1 Å². The summed E-state index contributed by atoms with van der Waals surface area (Å²) in [4.78, 5) is 28.9. The molecule has 3 aromatic rings. The van der Waals surface area contributed by atoms with Crippen molar-refractivity contribution in [3.63, 3.8) is 0 Å². The average Bonchev–Trinajstić information content (AvgIpc) is 3.48. The quantitative estimate of drug-likeness (QED) is 0.322. The van der Waals surface area contributed by atoms with Crippen LogP contribution in [0.5, 0.6) is 5.75 Å². The molecule has 1 N–H and O–H groups in total. The molecule has 2 amide bonds. The third-order valence-electron chi connectivity index (χ3n) is 7.41. The van der Waals surface area contributed by atoms with Gasteiger partial charge in [0.15, 0.2) is 0 Å². The average molecular weight is 598 g/mol. The van der Waals surface area contributed by atoms with Crippen molar-refractivity contribution in [1.29, 1.82) is 0 Å². The number of nitrogens with one attached hydrogen (secondary N) is 1. The lowest BCUT2D eigenvalue weighted by molar-refractivity contribution is -0.139. The number of benzene rings is 3. The molecule has 0 bridgehead atoms. The number of ether oxygens (including phenoxy) is 1. The zero-order valence-corrected chi connectivity index (χ0v) is 25.1. The summed E-state index contributed by atoms with van der Waals surface area (Å²) in [5.41, 5.74) is 1.76. The van der Waals surface area contributed by atoms with Crippen LogP contribution in [0, 0.1) is 6.92 Å². The zero-order valence-electron chi connectivity index (χ0n) is 23.5. The van der Waals surface area contributed by atoms with Crippen LogP contribution >= 0.6 is 11.6 Å². The highest BCUT2D eigenvalue weighted by atomic mass is 35.5. The normalized spacial score (nSPS) is 14.3. The van der Waals surface area contributed by atoms with E-state index in [9.17, 15) is 18.0 Å². The lowest BCUT2D eigenvalue weighted by atomic mass is 10.1. The van der Waals surface area contributed by atoms with Crippen LogP contribution in [0.1, 0.15) is 43.7 Å². The van der Waals surface area contributed by atoms with Crippen LogP contribution in [0.2, 0.25) is 5.02 Å². The highest BCUT2D eigenvalue weighted by Gasteiger charge is 2.34. The van der Waals surface area contributed by atoms with Gasteiger partial charge in [-0.25, -0.2) is 8.42 Å². The Morgan fingerprint density at radius 1 is 1.00 bits per heavy atom. The van der Waals surface area contributed by atoms with E-state index in [2.05, 4.69) is 5.32 Å². The standard InChI is InChI=1S/C31H36ClN3O5S/c1-22-16-18-26(19-17-22)41(38,39)35(28-14-8-9-15-29(28)40-3)21-30(36)34(20-24-10-4-7-13-27(24)32)23(2)31(37)33-25-11-5-6-12-25/h4,7-10,13-19,23,25H,5-6,11-12,20-21H2,1-3H3,(H,33,37)/t23-/m1/s1. The monoisotopic (exact) mass is 597 g/mol. The number of carbonyl (C=O) groups is 2. The maximum absolute atomic E-state index is 14.1. The molecule has 1 aliphatic carbocycles. The molecule has 4 rings (SSSR count). The minimum absolute atomic E-state index is 0.0299. The zero-order chi connectivity index (χ0) is 29.6. The molecular formula is C31H36ClN3O5S. The van der Waals surface area contributed by atoms with E-state index in [0.717, 1.165) is 35.6 Å². The summed E-state index contributed by atoms with van der Waals surface area (Å²) in [6.45, 7) is 2.99. The second-order valence-corrected chi connectivity index (χ2v) is 12.5. The number of carbonyl (C=O) groups excluding carboxylic acids is 2. The van der Waals surface area contributed by atoms with E-state index >= 15 is 0 Å². The first-order chi connectivity index (χ1) is 19.6. The first kappa shape index (κ1) is 30.4. The topological polar surface area (TPSA) is 96.0 Å². The summed E-state index contributed by atoms with van der Waals surface area (Å²) in [5.74, 6) is -0.552. The van der Waals surface area contributed by atoms with Gasteiger partial charge in [0.1, 0.15) is 18.3 Å². The molecule has 1 aliphatic rings. The van der Waals surface area contributed by atoms with Gasteiger partial charge in [-0.1, -0.05) is 72.5 Å². The Labute approximate surface area is 247 Å². The molecule has 3 aromatic carbocycles. The second kappa shape index (κ2) is 13.4. The Bertz CT molecular complexity index is 1470. The van der Waals surface area contributed by atoms with Gasteiger partial charge < -0.3 is 15.0 Å². The maximum atomic E-state index is 14.1. The molecule has 0 aromatic heterocycles. The van der Waals surface area contributed by atoms with Gasteiger partial charge >= 0.3 is 0 Å². The van der Waals surface area contributed by atoms with Gasteiger partial charge in [0.25, 0.3) is 10.0 Å². The van der Waals surface area contributed by atoms with Crippen LogP contribution in [0.3, 0.4) is 0 Å². The number of halogens is 1. The van der Waals surface area contributed by atoms with Crippen molar-refractivity contribution in [2.24, 2.45) is 0 Å². The number of para-hydroxylation sites is 2.